The maximum atomic E-state index is 13.0. The SMILES string of the molecule is CC12CCC(C(=O)NNC(=O)c3ccccc3Cl)(C(Br)C1=O)C2(C)C. The molecule has 3 unspecified atom stereocenters. The number of carbonyl (C=O) groups excluding carboxylic acids is 3. The number of alkyl halides is 1. The molecule has 3 rings (SSSR count). The Morgan fingerprint density at radius 3 is 2.36 bits per heavy atom. The van der Waals surface area contributed by atoms with Crippen LogP contribution in [0.2, 0.25) is 5.02 Å². The molecule has 2 saturated carbocycles. The molecule has 7 heteroatoms. The number of amides is 2. The van der Waals surface area contributed by atoms with Crippen molar-refractivity contribution < 1.29 is 14.4 Å². The number of benzene rings is 1. The summed E-state index contributed by atoms with van der Waals surface area (Å²) in [4.78, 5) is 37.4. The lowest BCUT2D eigenvalue weighted by atomic mass is 9.64. The van der Waals surface area contributed by atoms with E-state index < -0.39 is 27.0 Å². The van der Waals surface area contributed by atoms with Gasteiger partial charge in [0.2, 0.25) is 5.91 Å². The topological polar surface area (TPSA) is 75.3 Å². The van der Waals surface area contributed by atoms with Gasteiger partial charge in [-0.3, -0.25) is 25.2 Å². The van der Waals surface area contributed by atoms with Gasteiger partial charge in [0, 0.05) is 5.41 Å². The van der Waals surface area contributed by atoms with Crippen LogP contribution in [-0.4, -0.2) is 22.4 Å². The molecule has 3 atom stereocenters. The second-order valence-corrected chi connectivity index (χ2v) is 8.87. The minimum Gasteiger partial charge on any atom is -0.298 e. The van der Waals surface area contributed by atoms with Crippen molar-refractivity contribution in [2.45, 2.75) is 38.4 Å². The maximum absolute atomic E-state index is 13.0. The third-order valence-corrected chi connectivity index (χ3v) is 8.06. The van der Waals surface area contributed by atoms with Crippen molar-refractivity contribution in [1.29, 1.82) is 0 Å². The lowest BCUT2D eigenvalue weighted by molar-refractivity contribution is -0.136. The van der Waals surface area contributed by atoms with Crippen molar-refractivity contribution >= 4 is 45.1 Å². The van der Waals surface area contributed by atoms with Crippen molar-refractivity contribution in [3.63, 3.8) is 0 Å². The average molecular weight is 428 g/mol. The molecule has 2 amide bonds. The minimum atomic E-state index is -0.896. The first-order valence-electron chi connectivity index (χ1n) is 8.13. The van der Waals surface area contributed by atoms with Crippen molar-refractivity contribution in [1.82, 2.24) is 10.9 Å². The zero-order valence-corrected chi connectivity index (χ0v) is 16.6. The van der Waals surface area contributed by atoms with Gasteiger partial charge in [-0.1, -0.05) is 60.4 Å². The van der Waals surface area contributed by atoms with Crippen molar-refractivity contribution in [3.8, 4) is 0 Å². The maximum Gasteiger partial charge on any atom is 0.271 e. The van der Waals surface area contributed by atoms with E-state index in [1.165, 1.54) is 0 Å². The first-order chi connectivity index (χ1) is 11.6. The standard InChI is InChI=1S/C18H20BrClN2O3/c1-16(2)17(3)8-9-18(16,12(19)13(17)23)15(25)22-21-14(24)10-6-4-5-7-11(10)20/h4-7,12H,8-9H2,1-3H3,(H,21,24)(H,22,25). The molecule has 0 aliphatic heterocycles. The summed E-state index contributed by atoms with van der Waals surface area (Å²) in [5.74, 6) is -0.796. The third kappa shape index (κ3) is 2.23. The van der Waals surface area contributed by atoms with Crippen molar-refractivity contribution in [2.75, 3.05) is 0 Å². The first kappa shape index (κ1) is 18.4. The van der Waals surface area contributed by atoms with Gasteiger partial charge >= 0.3 is 0 Å². The highest BCUT2D eigenvalue weighted by atomic mass is 79.9. The Morgan fingerprint density at radius 1 is 1.16 bits per heavy atom. The Morgan fingerprint density at radius 2 is 1.80 bits per heavy atom. The number of hydrogen-bond acceptors (Lipinski definition) is 3. The van der Waals surface area contributed by atoms with Crippen LogP contribution < -0.4 is 10.9 Å². The highest BCUT2D eigenvalue weighted by Crippen LogP contribution is 2.72. The van der Waals surface area contributed by atoms with Crippen molar-refractivity contribution in [2.24, 2.45) is 16.2 Å². The summed E-state index contributed by atoms with van der Waals surface area (Å²) >= 11 is 9.45. The molecule has 134 valence electrons. The van der Waals surface area contributed by atoms with Crippen LogP contribution in [-0.2, 0) is 9.59 Å². The number of rotatable bonds is 2. The summed E-state index contributed by atoms with van der Waals surface area (Å²) < 4.78 is 0. The van der Waals surface area contributed by atoms with Gasteiger partial charge in [0.1, 0.15) is 0 Å². The lowest BCUT2D eigenvalue weighted by Gasteiger charge is -2.39. The van der Waals surface area contributed by atoms with Crippen LogP contribution in [0.25, 0.3) is 0 Å². The second-order valence-electron chi connectivity index (χ2n) is 7.54. The molecule has 0 heterocycles. The summed E-state index contributed by atoms with van der Waals surface area (Å²) in [6.07, 6.45) is 1.25. The zero-order chi connectivity index (χ0) is 18.6. The van der Waals surface area contributed by atoms with E-state index in [9.17, 15) is 14.4 Å². The molecule has 2 aliphatic rings. The average Bonchev–Trinajstić information content (AvgIpc) is 2.84. The van der Waals surface area contributed by atoms with Crippen LogP contribution in [0.3, 0.4) is 0 Å². The van der Waals surface area contributed by atoms with E-state index in [2.05, 4.69) is 26.8 Å². The van der Waals surface area contributed by atoms with E-state index in [0.29, 0.717) is 17.9 Å². The summed E-state index contributed by atoms with van der Waals surface area (Å²) in [6, 6.07) is 6.59. The van der Waals surface area contributed by atoms with Crippen LogP contribution in [0.15, 0.2) is 24.3 Å². The van der Waals surface area contributed by atoms with Gasteiger partial charge in [0.25, 0.3) is 5.91 Å². The summed E-state index contributed by atoms with van der Waals surface area (Å²) in [5, 5.41) is 0.301. The summed E-state index contributed by atoms with van der Waals surface area (Å²) in [5.41, 5.74) is 3.24. The summed E-state index contributed by atoms with van der Waals surface area (Å²) in [6.45, 7) is 5.83. The predicted molar refractivity (Wildman–Crippen MR) is 98.3 cm³/mol. The van der Waals surface area contributed by atoms with Gasteiger partial charge in [-0.05, 0) is 30.4 Å². The van der Waals surface area contributed by atoms with E-state index >= 15 is 0 Å². The van der Waals surface area contributed by atoms with Crippen LogP contribution in [0, 0.1) is 16.2 Å². The molecule has 0 aromatic heterocycles. The number of hydrogen-bond donors (Lipinski definition) is 2. The van der Waals surface area contributed by atoms with Gasteiger partial charge in [-0.25, -0.2) is 0 Å². The highest BCUT2D eigenvalue weighted by molar-refractivity contribution is 9.10. The molecule has 2 aliphatic carbocycles. The van der Waals surface area contributed by atoms with Crippen LogP contribution in [0.1, 0.15) is 44.0 Å². The Balaban J connectivity index is 1.81. The van der Waals surface area contributed by atoms with Gasteiger partial charge < -0.3 is 0 Å². The molecular formula is C18H20BrClN2O3. The van der Waals surface area contributed by atoms with E-state index in [0.717, 1.165) is 0 Å². The lowest BCUT2D eigenvalue weighted by Crippen LogP contribution is -2.55. The number of Topliss-reactive ketones (excluding diaryl/α,β-unsaturated/α-hetero) is 1. The van der Waals surface area contributed by atoms with E-state index in [1.54, 1.807) is 24.3 Å². The molecule has 2 fully saturated rings. The van der Waals surface area contributed by atoms with Crippen LogP contribution >= 0.6 is 27.5 Å². The normalized spacial score (nSPS) is 32.5. The molecule has 5 nitrogen and oxygen atoms in total. The van der Waals surface area contributed by atoms with Crippen molar-refractivity contribution in [3.05, 3.63) is 34.9 Å². The molecule has 2 N–H and O–H groups in total. The molecular weight excluding hydrogens is 408 g/mol. The molecule has 2 bridgehead atoms. The fourth-order valence-corrected chi connectivity index (χ4v) is 6.13. The predicted octanol–water partition coefficient (Wildman–Crippen LogP) is 3.26. The number of nitrogens with one attached hydrogen (secondary N) is 2. The smallest absolute Gasteiger partial charge is 0.271 e. The first-order valence-corrected chi connectivity index (χ1v) is 9.43. The fraction of sp³-hybridized carbons (Fsp3) is 0.500. The number of carbonyl (C=O) groups is 3. The van der Waals surface area contributed by atoms with Gasteiger partial charge in [0.05, 0.1) is 20.8 Å². The number of fused-ring (bicyclic) bond motifs is 2. The number of ketones is 1. The van der Waals surface area contributed by atoms with Gasteiger partial charge in [-0.2, -0.15) is 0 Å². The molecule has 0 spiro atoms. The highest BCUT2D eigenvalue weighted by Gasteiger charge is 2.76. The quantitative estimate of drug-likeness (QED) is 0.562. The molecule has 0 radical (unpaired) electrons. The Hall–Kier alpha value is -1.40. The fourth-order valence-electron chi connectivity index (χ4n) is 4.39. The Bertz CT molecular complexity index is 781. The molecule has 1 aromatic carbocycles. The minimum absolute atomic E-state index is 0.0522. The van der Waals surface area contributed by atoms with Gasteiger partial charge in [0.15, 0.2) is 5.78 Å². The number of halogens is 2. The third-order valence-electron chi connectivity index (χ3n) is 6.53. The van der Waals surface area contributed by atoms with E-state index in [4.69, 9.17) is 11.6 Å². The molecule has 0 saturated heterocycles. The van der Waals surface area contributed by atoms with E-state index in [1.807, 2.05) is 20.8 Å². The molecule has 1 aromatic rings. The van der Waals surface area contributed by atoms with Crippen LogP contribution in [0.4, 0.5) is 0 Å². The Labute approximate surface area is 160 Å². The largest absolute Gasteiger partial charge is 0.298 e. The van der Waals surface area contributed by atoms with Gasteiger partial charge in [-0.15, -0.1) is 0 Å². The monoisotopic (exact) mass is 426 g/mol. The second kappa shape index (κ2) is 5.81. The molecule has 25 heavy (non-hydrogen) atoms. The van der Waals surface area contributed by atoms with E-state index in [-0.39, 0.29) is 17.3 Å². The summed E-state index contributed by atoms with van der Waals surface area (Å²) in [7, 11) is 0. The number of hydrazine groups is 1. The Kier molecular flexibility index (Phi) is 4.27. The van der Waals surface area contributed by atoms with Crippen LogP contribution in [0.5, 0.6) is 0 Å². The zero-order valence-electron chi connectivity index (χ0n) is 14.3.